The summed E-state index contributed by atoms with van der Waals surface area (Å²) in [6.07, 6.45) is 0. The zero-order chi connectivity index (χ0) is 18.1. The first-order chi connectivity index (χ1) is 12.6. The van der Waals surface area contributed by atoms with Crippen LogP contribution in [0.15, 0.2) is 77.6 Å². The van der Waals surface area contributed by atoms with E-state index in [9.17, 15) is 9.18 Å². The van der Waals surface area contributed by atoms with Gasteiger partial charge in [-0.25, -0.2) is 9.18 Å². The van der Waals surface area contributed by atoms with Crippen molar-refractivity contribution in [2.75, 3.05) is 0 Å². The largest absolute Gasteiger partial charge is 0.348 e. The summed E-state index contributed by atoms with van der Waals surface area (Å²) in [5.41, 5.74) is 2.06. The molecule has 1 heterocycles. The molecule has 0 aliphatic carbocycles. The van der Waals surface area contributed by atoms with Gasteiger partial charge in [0, 0.05) is 21.5 Å². The maximum atomic E-state index is 14.1. The lowest BCUT2D eigenvalue weighted by atomic mass is 10.1. The molecule has 0 atom stereocenters. The molecule has 0 saturated heterocycles. The average Bonchev–Trinajstić information content (AvgIpc) is 2.66. The first-order valence-corrected chi connectivity index (χ1v) is 8.50. The second kappa shape index (κ2) is 6.73. The zero-order valence-electron chi connectivity index (χ0n) is 13.7. The van der Waals surface area contributed by atoms with Crippen molar-refractivity contribution >= 4 is 22.5 Å². The Morgan fingerprint density at radius 3 is 2.46 bits per heavy atom. The topological polar surface area (TPSA) is 34.9 Å². The molecule has 4 rings (SSSR count). The van der Waals surface area contributed by atoms with E-state index >= 15 is 0 Å². The van der Waals surface area contributed by atoms with Gasteiger partial charge in [0.1, 0.15) is 5.82 Å². The van der Waals surface area contributed by atoms with Gasteiger partial charge in [0.05, 0.1) is 17.8 Å². The first kappa shape index (κ1) is 16.5. The van der Waals surface area contributed by atoms with E-state index in [2.05, 4.69) is 4.98 Å². The maximum Gasteiger partial charge on any atom is 0.348 e. The van der Waals surface area contributed by atoms with Crippen molar-refractivity contribution < 1.29 is 4.39 Å². The second-order valence-electron chi connectivity index (χ2n) is 5.95. The molecule has 0 spiro atoms. The number of rotatable bonds is 3. The molecular formula is C21H14ClFN2O. The molecule has 0 amide bonds. The molecule has 5 heteroatoms. The van der Waals surface area contributed by atoms with Crippen molar-refractivity contribution in [3.05, 3.63) is 99.7 Å². The van der Waals surface area contributed by atoms with E-state index in [4.69, 9.17) is 11.6 Å². The van der Waals surface area contributed by atoms with E-state index in [1.165, 1.54) is 10.6 Å². The van der Waals surface area contributed by atoms with E-state index in [1.54, 1.807) is 36.4 Å². The zero-order valence-corrected chi connectivity index (χ0v) is 14.4. The lowest BCUT2D eigenvalue weighted by Crippen LogP contribution is -2.25. The summed E-state index contributed by atoms with van der Waals surface area (Å²) in [6, 6.07) is 21.1. The van der Waals surface area contributed by atoms with Crippen molar-refractivity contribution in [1.82, 2.24) is 9.55 Å². The Hall–Kier alpha value is -2.98. The third-order valence-electron chi connectivity index (χ3n) is 4.28. The monoisotopic (exact) mass is 364 g/mol. The van der Waals surface area contributed by atoms with Gasteiger partial charge in [-0.15, -0.1) is 0 Å². The molecule has 26 heavy (non-hydrogen) atoms. The van der Waals surface area contributed by atoms with Gasteiger partial charge in [-0.3, -0.25) is 4.57 Å². The van der Waals surface area contributed by atoms with Crippen LogP contribution in [0.5, 0.6) is 0 Å². The Labute approximate surface area is 154 Å². The SMILES string of the molecule is O=c1nc(-c2ccccc2)c2cc(Cl)ccc2n1Cc1ccccc1F. The summed E-state index contributed by atoms with van der Waals surface area (Å²) in [5, 5.41) is 1.30. The van der Waals surface area contributed by atoms with Gasteiger partial charge < -0.3 is 0 Å². The van der Waals surface area contributed by atoms with Crippen molar-refractivity contribution in [2.45, 2.75) is 6.54 Å². The Morgan fingerprint density at radius 2 is 1.69 bits per heavy atom. The molecular weight excluding hydrogens is 351 g/mol. The first-order valence-electron chi connectivity index (χ1n) is 8.12. The number of fused-ring (bicyclic) bond motifs is 1. The van der Waals surface area contributed by atoms with E-state index in [-0.39, 0.29) is 12.4 Å². The quantitative estimate of drug-likeness (QED) is 0.518. The van der Waals surface area contributed by atoms with Gasteiger partial charge in [-0.2, -0.15) is 4.98 Å². The summed E-state index contributed by atoms with van der Waals surface area (Å²) < 4.78 is 15.5. The summed E-state index contributed by atoms with van der Waals surface area (Å²) in [6.45, 7) is 0.103. The molecule has 0 saturated carbocycles. The van der Waals surface area contributed by atoms with Crippen LogP contribution in [-0.2, 0) is 6.54 Å². The smallest absolute Gasteiger partial charge is 0.287 e. The molecule has 0 unspecified atom stereocenters. The lowest BCUT2D eigenvalue weighted by Gasteiger charge is -2.13. The highest BCUT2D eigenvalue weighted by Crippen LogP contribution is 2.28. The normalized spacial score (nSPS) is 11.0. The molecule has 3 aromatic carbocycles. The number of aromatic nitrogens is 2. The molecule has 1 aromatic heterocycles. The van der Waals surface area contributed by atoms with Gasteiger partial charge in [0.2, 0.25) is 0 Å². The van der Waals surface area contributed by atoms with Crippen LogP contribution in [0.2, 0.25) is 5.02 Å². The van der Waals surface area contributed by atoms with Gasteiger partial charge >= 0.3 is 5.69 Å². The highest BCUT2D eigenvalue weighted by atomic mass is 35.5. The molecule has 0 N–H and O–H groups in total. The number of benzene rings is 3. The summed E-state index contributed by atoms with van der Waals surface area (Å²) in [5.74, 6) is -0.353. The highest BCUT2D eigenvalue weighted by Gasteiger charge is 2.14. The fourth-order valence-electron chi connectivity index (χ4n) is 3.02. The molecule has 4 aromatic rings. The molecule has 3 nitrogen and oxygen atoms in total. The van der Waals surface area contributed by atoms with Crippen LogP contribution in [0.4, 0.5) is 4.39 Å². The van der Waals surface area contributed by atoms with Crippen molar-refractivity contribution in [3.8, 4) is 11.3 Å². The third-order valence-corrected chi connectivity index (χ3v) is 4.51. The summed E-state index contributed by atoms with van der Waals surface area (Å²) in [4.78, 5) is 17.0. The minimum Gasteiger partial charge on any atom is -0.287 e. The second-order valence-corrected chi connectivity index (χ2v) is 6.38. The predicted octanol–water partition coefficient (Wildman–Crippen LogP) is 4.90. The average molecular weight is 365 g/mol. The molecule has 0 radical (unpaired) electrons. The summed E-state index contributed by atoms with van der Waals surface area (Å²) >= 11 is 6.18. The van der Waals surface area contributed by atoms with Crippen LogP contribution in [0.3, 0.4) is 0 Å². The Kier molecular flexibility index (Phi) is 4.27. The van der Waals surface area contributed by atoms with Crippen LogP contribution >= 0.6 is 11.6 Å². The Bertz CT molecular complexity index is 1160. The van der Waals surface area contributed by atoms with Crippen LogP contribution in [0.1, 0.15) is 5.56 Å². The van der Waals surface area contributed by atoms with E-state index < -0.39 is 5.69 Å². The van der Waals surface area contributed by atoms with Crippen LogP contribution < -0.4 is 5.69 Å². The molecule has 0 fully saturated rings. The fraction of sp³-hybridized carbons (Fsp3) is 0.0476. The maximum absolute atomic E-state index is 14.1. The van der Waals surface area contributed by atoms with Crippen molar-refractivity contribution in [3.63, 3.8) is 0 Å². The molecule has 0 aliphatic heterocycles. The predicted molar refractivity (Wildman–Crippen MR) is 102 cm³/mol. The standard InChI is InChI=1S/C21H14ClFN2O/c22-16-10-11-19-17(12-16)20(14-6-2-1-3-7-14)24-21(26)25(19)13-15-8-4-5-9-18(15)23/h1-12H,13H2. The Balaban J connectivity index is 1.97. The minimum absolute atomic E-state index is 0.103. The lowest BCUT2D eigenvalue weighted by molar-refractivity contribution is 0.597. The van der Waals surface area contributed by atoms with Gasteiger partial charge in [0.15, 0.2) is 0 Å². The van der Waals surface area contributed by atoms with Gasteiger partial charge in [0.25, 0.3) is 0 Å². The number of halogens is 2. The van der Waals surface area contributed by atoms with Crippen LogP contribution in [0, 0.1) is 5.82 Å². The van der Waals surface area contributed by atoms with Crippen molar-refractivity contribution in [2.24, 2.45) is 0 Å². The number of nitrogens with zero attached hydrogens (tertiary/aromatic N) is 2. The van der Waals surface area contributed by atoms with Gasteiger partial charge in [-0.1, -0.05) is 60.1 Å². The highest BCUT2D eigenvalue weighted by molar-refractivity contribution is 6.31. The van der Waals surface area contributed by atoms with E-state index in [0.29, 0.717) is 21.8 Å². The fourth-order valence-corrected chi connectivity index (χ4v) is 3.19. The van der Waals surface area contributed by atoms with Gasteiger partial charge in [-0.05, 0) is 24.3 Å². The Morgan fingerprint density at radius 1 is 0.962 bits per heavy atom. The summed E-state index contributed by atoms with van der Waals surface area (Å²) in [7, 11) is 0. The van der Waals surface area contributed by atoms with E-state index in [1.807, 2.05) is 30.3 Å². The molecule has 0 bridgehead atoms. The molecule has 0 aliphatic rings. The van der Waals surface area contributed by atoms with E-state index in [0.717, 1.165) is 10.9 Å². The third kappa shape index (κ3) is 3.00. The number of hydrogen-bond donors (Lipinski definition) is 0. The minimum atomic E-state index is -0.429. The van der Waals surface area contributed by atoms with Crippen LogP contribution in [-0.4, -0.2) is 9.55 Å². The van der Waals surface area contributed by atoms with Crippen molar-refractivity contribution in [1.29, 1.82) is 0 Å². The van der Waals surface area contributed by atoms with Crippen LogP contribution in [0.25, 0.3) is 22.2 Å². The molecule has 128 valence electrons. The number of hydrogen-bond acceptors (Lipinski definition) is 2.